The van der Waals surface area contributed by atoms with Gasteiger partial charge in [-0.15, -0.1) is 0 Å². The Balaban J connectivity index is 2.13. The van der Waals surface area contributed by atoms with E-state index in [2.05, 4.69) is 53.4 Å². The van der Waals surface area contributed by atoms with E-state index in [1.807, 2.05) is 13.1 Å². The van der Waals surface area contributed by atoms with Crippen molar-refractivity contribution >= 4 is 0 Å². The van der Waals surface area contributed by atoms with Crippen molar-refractivity contribution in [1.29, 1.82) is 5.26 Å². The molecule has 0 aromatic heterocycles. The zero-order valence-electron chi connectivity index (χ0n) is 11.7. The monoisotopic (exact) mass is 262 g/mol. The van der Waals surface area contributed by atoms with Crippen LogP contribution in [-0.4, -0.2) is 18.5 Å². The number of fused-ring (bicyclic) bond motifs is 2. The molecule has 3 rings (SSSR count). The van der Waals surface area contributed by atoms with E-state index in [4.69, 9.17) is 0 Å². The molecule has 0 spiro atoms. The summed E-state index contributed by atoms with van der Waals surface area (Å²) < 4.78 is 0. The van der Waals surface area contributed by atoms with Gasteiger partial charge in [0.25, 0.3) is 0 Å². The summed E-state index contributed by atoms with van der Waals surface area (Å²) in [7, 11) is 2.04. The molecular weight excluding hydrogens is 244 g/mol. The largest absolute Gasteiger partial charge is 0.287 e. The number of hydrogen-bond acceptors (Lipinski definition) is 2. The Bertz CT molecular complexity index is 654. The van der Waals surface area contributed by atoms with Crippen LogP contribution in [0.3, 0.4) is 0 Å². The van der Waals surface area contributed by atoms with Crippen molar-refractivity contribution in [3.8, 4) is 6.07 Å². The zero-order chi connectivity index (χ0) is 13.9. The lowest BCUT2D eigenvalue weighted by Crippen LogP contribution is -2.26. The molecule has 1 aliphatic rings. The van der Waals surface area contributed by atoms with Gasteiger partial charge >= 0.3 is 0 Å². The van der Waals surface area contributed by atoms with Crippen molar-refractivity contribution in [2.75, 3.05) is 13.6 Å². The maximum absolute atomic E-state index is 9.54. The van der Waals surface area contributed by atoms with Crippen LogP contribution in [0.15, 0.2) is 48.5 Å². The average molecular weight is 262 g/mol. The molecular formula is C18H18N2. The first-order chi connectivity index (χ1) is 9.79. The van der Waals surface area contributed by atoms with Gasteiger partial charge in [-0.05, 0) is 42.1 Å². The van der Waals surface area contributed by atoms with E-state index in [1.165, 1.54) is 16.7 Å². The second kappa shape index (κ2) is 5.48. The molecule has 0 aliphatic carbocycles. The summed E-state index contributed by atoms with van der Waals surface area (Å²) in [5.74, 6) is 0. The van der Waals surface area contributed by atoms with Gasteiger partial charge in [-0.1, -0.05) is 48.5 Å². The molecule has 2 aromatic rings. The fourth-order valence-corrected chi connectivity index (χ4v) is 2.97. The minimum Gasteiger partial charge on any atom is -0.287 e. The van der Waals surface area contributed by atoms with Crippen molar-refractivity contribution in [2.24, 2.45) is 0 Å². The maximum Gasteiger partial charge on any atom is 0.123 e. The lowest BCUT2D eigenvalue weighted by atomic mass is 9.94. The first-order valence-electron chi connectivity index (χ1n) is 7.04. The normalized spacial score (nSPS) is 18.9. The van der Waals surface area contributed by atoms with Crippen molar-refractivity contribution in [3.63, 3.8) is 0 Å². The average Bonchev–Trinajstić information content (AvgIpc) is 2.53. The highest BCUT2D eigenvalue weighted by Crippen LogP contribution is 2.27. The Morgan fingerprint density at radius 1 is 1.00 bits per heavy atom. The summed E-state index contributed by atoms with van der Waals surface area (Å²) in [4.78, 5) is 2.15. The van der Waals surface area contributed by atoms with Gasteiger partial charge in [0, 0.05) is 6.54 Å². The Morgan fingerprint density at radius 2 is 1.65 bits per heavy atom. The fourth-order valence-electron chi connectivity index (χ4n) is 2.97. The number of likely N-dealkylation sites (N-methyl/N-ethyl adjacent to an activating group) is 1. The van der Waals surface area contributed by atoms with Gasteiger partial charge in [-0.25, -0.2) is 0 Å². The Kier molecular flexibility index (Phi) is 3.54. The molecule has 0 saturated heterocycles. The molecule has 2 nitrogen and oxygen atoms in total. The van der Waals surface area contributed by atoms with Gasteiger partial charge in [0.15, 0.2) is 0 Å². The number of nitrogens with zero attached hydrogens (tertiary/aromatic N) is 2. The van der Waals surface area contributed by atoms with E-state index in [1.54, 1.807) is 0 Å². The molecule has 1 atom stereocenters. The first kappa shape index (κ1) is 12.9. The molecule has 0 N–H and O–H groups in total. The third kappa shape index (κ3) is 2.33. The molecule has 0 fully saturated rings. The van der Waals surface area contributed by atoms with Crippen LogP contribution in [0.25, 0.3) is 0 Å². The molecule has 2 heteroatoms. The molecule has 0 radical (unpaired) electrons. The Morgan fingerprint density at radius 3 is 2.40 bits per heavy atom. The summed E-state index contributed by atoms with van der Waals surface area (Å²) in [6.07, 6.45) is 1.91. The van der Waals surface area contributed by atoms with E-state index < -0.39 is 0 Å². The molecule has 100 valence electrons. The van der Waals surface area contributed by atoms with Crippen LogP contribution in [0.1, 0.15) is 28.3 Å². The van der Waals surface area contributed by atoms with E-state index >= 15 is 0 Å². The summed E-state index contributed by atoms with van der Waals surface area (Å²) >= 11 is 0. The van der Waals surface area contributed by atoms with Crippen LogP contribution in [0.5, 0.6) is 0 Å². The summed E-state index contributed by atoms with van der Waals surface area (Å²) in [6.45, 7) is 0.906. The minimum absolute atomic E-state index is 0.152. The quantitative estimate of drug-likeness (QED) is 0.728. The molecule has 0 saturated carbocycles. The third-order valence-corrected chi connectivity index (χ3v) is 4.15. The molecule has 0 bridgehead atoms. The Labute approximate surface area is 120 Å². The van der Waals surface area contributed by atoms with Crippen LogP contribution in [0.4, 0.5) is 0 Å². The standard InChI is InChI=1S/C18H18N2/c1-20-11-10-14-6-2-3-7-15(14)12-16-8-4-5-9-17(16)18(20)13-19/h2-9,18H,10-12H2,1H3. The van der Waals surface area contributed by atoms with Crippen LogP contribution >= 0.6 is 0 Å². The highest BCUT2D eigenvalue weighted by Gasteiger charge is 2.21. The highest BCUT2D eigenvalue weighted by molar-refractivity contribution is 5.40. The number of hydrogen-bond donors (Lipinski definition) is 0. The van der Waals surface area contributed by atoms with E-state index in [0.717, 1.165) is 24.9 Å². The zero-order valence-corrected chi connectivity index (χ0v) is 11.7. The van der Waals surface area contributed by atoms with Crippen molar-refractivity contribution in [2.45, 2.75) is 18.9 Å². The smallest absolute Gasteiger partial charge is 0.123 e. The van der Waals surface area contributed by atoms with Crippen LogP contribution < -0.4 is 0 Å². The van der Waals surface area contributed by atoms with Crippen molar-refractivity contribution < 1.29 is 0 Å². The van der Waals surface area contributed by atoms with Crippen molar-refractivity contribution in [1.82, 2.24) is 4.90 Å². The predicted octanol–water partition coefficient (Wildman–Crippen LogP) is 3.33. The van der Waals surface area contributed by atoms with Crippen LogP contribution in [-0.2, 0) is 12.8 Å². The molecule has 20 heavy (non-hydrogen) atoms. The minimum atomic E-state index is -0.152. The first-order valence-corrected chi connectivity index (χ1v) is 7.04. The van der Waals surface area contributed by atoms with Crippen LogP contribution in [0.2, 0.25) is 0 Å². The number of rotatable bonds is 0. The second-order valence-electron chi connectivity index (χ2n) is 5.41. The fraction of sp³-hybridized carbons (Fsp3) is 0.278. The molecule has 1 unspecified atom stereocenters. The third-order valence-electron chi connectivity index (χ3n) is 4.15. The van der Waals surface area contributed by atoms with Crippen molar-refractivity contribution in [3.05, 3.63) is 70.8 Å². The topological polar surface area (TPSA) is 27.0 Å². The van der Waals surface area contributed by atoms with E-state index in [9.17, 15) is 5.26 Å². The molecule has 0 amide bonds. The van der Waals surface area contributed by atoms with Gasteiger partial charge in [-0.3, -0.25) is 4.90 Å². The predicted molar refractivity (Wildman–Crippen MR) is 80.4 cm³/mol. The van der Waals surface area contributed by atoms with E-state index in [0.29, 0.717) is 0 Å². The molecule has 1 aliphatic heterocycles. The van der Waals surface area contributed by atoms with E-state index in [-0.39, 0.29) is 6.04 Å². The lowest BCUT2D eigenvalue weighted by molar-refractivity contribution is 0.295. The number of nitriles is 1. The molecule has 2 aromatic carbocycles. The second-order valence-corrected chi connectivity index (χ2v) is 5.41. The van der Waals surface area contributed by atoms with Crippen LogP contribution in [0, 0.1) is 11.3 Å². The van der Waals surface area contributed by atoms with Gasteiger partial charge in [-0.2, -0.15) is 5.26 Å². The SMILES string of the molecule is CN1CCc2ccccc2Cc2ccccc2C1C#N. The van der Waals surface area contributed by atoms with Gasteiger partial charge in [0.05, 0.1) is 6.07 Å². The molecule has 1 heterocycles. The summed E-state index contributed by atoms with van der Waals surface area (Å²) in [5.41, 5.74) is 5.19. The van der Waals surface area contributed by atoms with Gasteiger partial charge in [0.1, 0.15) is 6.04 Å². The van der Waals surface area contributed by atoms with Gasteiger partial charge < -0.3 is 0 Å². The summed E-state index contributed by atoms with van der Waals surface area (Å²) in [6, 6.07) is 19.3. The lowest BCUT2D eigenvalue weighted by Gasteiger charge is -2.23. The maximum atomic E-state index is 9.54. The highest BCUT2D eigenvalue weighted by atomic mass is 15.1. The number of benzene rings is 2. The van der Waals surface area contributed by atoms with Gasteiger partial charge in [0.2, 0.25) is 0 Å². The summed E-state index contributed by atoms with van der Waals surface area (Å²) in [5, 5.41) is 9.54. The Hall–Kier alpha value is -2.11.